The molecule has 0 saturated carbocycles. The largest absolute Gasteiger partial charge is 0.497 e. The van der Waals surface area contributed by atoms with Crippen LogP contribution in [0.4, 0.5) is 10.1 Å². The van der Waals surface area contributed by atoms with Crippen LogP contribution in [0, 0.1) is 5.82 Å². The maximum Gasteiger partial charge on any atom is 0.246 e. The van der Waals surface area contributed by atoms with Gasteiger partial charge in [-0.25, -0.2) is 9.38 Å². The van der Waals surface area contributed by atoms with Crippen molar-refractivity contribution in [3.05, 3.63) is 59.9 Å². The Balaban J connectivity index is 0.00000320. The minimum Gasteiger partial charge on any atom is -0.497 e. The van der Waals surface area contributed by atoms with Crippen molar-refractivity contribution in [2.24, 2.45) is 4.99 Å². The van der Waals surface area contributed by atoms with E-state index in [1.54, 1.807) is 7.11 Å². The summed E-state index contributed by atoms with van der Waals surface area (Å²) >= 11 is 0. The highest BCUT2D eigenvalue weighted by molar-refractivity contribution is 14.0. The Morgan fingerprint density at radius 1 is 1.20 bits per heavy atom. The van der Waals surface area contributed by atoms with E-state index in [-0.39, 0.29) is 42.2 Å². The first-order valence-electron chi connectivity index (χ1n) is 9.81. The fourth-order valence-corrected chi connectivity index (χ4v) is 3.41. The predicted molar refractivity (Wildman–Crippen MR) is 128 cm³/mol. The molecule has 2 N–H and O–H groups in total. The number of aliphatic imine (C=N–C) groups is 1. The number of benzene rings is 2. The van der Waals surface area contributed by atoms with Crippen molar-refractivity contribution < 1.29 is 13.9 Å². The Morgan fingerprint density at radius 3 is 2.53 bits per heavy atom. The molecule has 1 unspecified atom stereocenters. The molecule has 1 aliphatic rings. The van der Waals surface area contributed by atoms with Crippen LogP contribution in [0.15, 0.2) is 53.5 Å². The van der Waals surface area contributed by atoms with Gasteiger partial charge in [0.25, 0.3) is 0 Å². The van der Waals surface area contributed by atoms with Gasteiger partial charge >= 0.3 is 0 Å². The molecule has 30 heavy (non-hydrogen) atoms. The molecule has 1 fully saturated rings. The van der Waals surface area contributed by atoms with Crippen molar-refractivity contribution in [1.82, 2.24) is 10.2 Å². The second-order valence-corrected chi connectivity index (χ2v) is 6.93. The number of methoxy groups -OCH3 is 1. The fourth-order valence-electron chi connectivity index (χ4n) is 3.41. The molecular formula is C22H28FIN4O2. The molecule has 162 valence electrons. The Morgan fingerprint density at radius 2 is 1.90 bits per heavy atom. The van der Waals surface area contributed by atoms with Crippen molar-refractivity contribution >= 4 is 41.5 Å². The van der Waals surface area contributed by atoms with Gasteiger partial charge in [-0.15, -0.1) is 24.0 Å². The number of carbonyl (C=O) groups excluding carboxylic acids is 1. The van der Waals surface area contributed by atoms with E-state index in [0.717, 1.165) is 37.8 Å². The molecule has 0 aliphatic carbocycles. The first-order valence-corrected chi connectivity index (χ1v) is 9.81. The van der Waals surface area contributed by atoms with Gasteiger partial charge in [-0.2, -0.15) is 0 Å². The number of hydrogen-bond donors (Lipinski definition) is 2. The molecule has 1 heterocycles. The van der Waals surface area contributed by atoms with Crippen LogP contribution >= 0.6 is 24.0 Å². The lowest BCUT2D eigenvalue weighted by atomic mass is 9.98. The van der Waals surface area contributed by atoms with Gasteiger partial charge in [0.15, 0.2) is 5.96 Å². The summed E-state index contributed by atoms with van der Waals surface area (Å²) in [5, 5.41) is 6.00. The van der Waals surface area contributed by atoms with Gasteiger partial charge in [0, 0.05) is 31.2 Å². The number of ether oxygens (including phenoxy) is 1. The topological polar surface area (TPSA) is 66.0 Å². The molecule has 0 aromatic heterocycles. The van der Waals surface area contributed by atoms with E-state index in [0.29, 0.717) is 11.6 Å². The number of likely N-dealkylation sites (tertiary alicyclic amines) is 1. The van der Waals surface area contributed by atoms with E-state index < -0.39 is 0 Å². The summed E-state index contributed by atoms with van der Waals surface area (Å²) in [6, 6.07) is 13.9. The number of anilines is 1. The maximum absolute atomic E-state index is 13.0. The molecule has 2 aromatic carbocycles. The number of amides is 1. The number of halogens is 2. The van der Waals surface area contributed by atoms with Crippen molar-refractivity contribution in [2.45, 2.75) is 19.3 Å². The first-order chi connectivity index (χ1) is 14.1. The second kappa shape index (κ2) is 11.7. The first kappa shape index (κ1) is 23.9. The maximum atomic E-state index is 13.0. The second-order valence-electron chi connectivity index (χ2n) is 6.93. The van der Waals surface area contributed by atoms with Crippen LogP contribution < -0.4 is 15.4 Å². The molecular weight excluding hydrogens is 498 g/mol. The summed E-state index contributed by atoms with van der Waals surface area (Å²) in [5.41, 5.74) is 1.83. The monoisotopic (exact) mass is 526 g/mol. The third-order valence-corrected chi connectivity index (χ3v) is 4.91. The van der Waals surface area contributed by atoms with Gasteiger partial charge in [0.1, 0.15) is 18.1 Å². The van der Waals surface area contributed by atoms with Gasteiger partial charge in [-0.05, 0) is 55.3 Å². The third-order valence-electron chi connectivity index (χ3n) is 4.91. The SMILES string of the molecule is CCNC(=NCC(=O)Nc1ccc(F)cc1)N1CCC(c2ccc(OC)cc2)C1.I. The van der Waals surface area contributed by atoms with Crippen molar-refractivity contribution in [3.8, 4) is 5.75 Å². The minimum atomic E-state index is -0.337. The number of hydrogen-bond acceptors (Lipinski definition) is 3. The van der Waals surface area contributed by atoms with Gasteiger partial charge in [-0.1, -0.05) is 12.1 Å². The lowest BCUT2D eigenvalue weighted by Gasteiger charge is -2.21. The molecule has 0 radical (unpaired) electrons. The van der Waals surface area contributed by atoms with Gasteiger partial charge in [0.2, 0.25) is 5.91 Å². The van der Waals surface area contributed by atoms with E-state index in [1.165, 1.54) is 29.8 Å². The lowest BCUT2D eigenvalue weighted by Crippen LogP contribution is -2.40. The zero-order valence-electron chi connectivity index (χ0n) is 17.2. The van der Waals surface area contributed by atoms with Gasteiger partial charge in [0.05, 0.1) is 7.11 Å². The van der Waals surface area contributed by atoms with Crippen LogP contribution in [0.25, 0.3) is 0 Å². The molecule has 0 bridgehead atoms. The molecule has 2 aromatic rings. The molecule has 1 saturated heterocycles. The third kappa shape index (κ3) is 6.58. The minimum absolute atomic E-state index is 0. The van der Waals surface area contributed by atoms with E-state index in [4.69, 9.17) is 4.74 Å². The van der Waals surface area contributed by atoms with Crippen molar-refractivity contribution in [1.29, 1.82) is 0 Å². The fraction of sp³-hybridized carbons (Fsp3) is 0.364. The van der Waals surface area contributed by atoms with E-state index in [9.17, 15) is 9.18 Å². The normalized spacial score (nSPS) is 16.0. The molecule has 1 aliphatic heterocycles. The summed E-state index contributed by atoms with van der Waals surface area (Å²) in [6.07, 6.45) is 1.03. The number of rotatable bonds is 6. The number of guanidine groups is 1. The van der Waals surface area contributed by atoms with Crippen LogP contribution in [0.2, 0.25) is 0 Å². The van der Waals surface area contributed by atoms with Crippen LogP contribution in [-0.4, -0.2) is 50.1 Å². The van der Waals surface area contributed by atoms with E-state index >= 15 is 0 Å². The molecule has 1 atom stereocenters. The van der Waals surface area contributed by atoms with E-state index in [1.807, 2.05) is 19.1 Å². The number of carbonyl (C=O) groups is 1. The quantitative estimate of drug-likeness (QED) is 0.341. The summed E-state index contributed by atoms with van der Waals surface area (Å²) in [5.74, 6) is 1.43. The number of nitrogens with one attached hydrogen (secondary N) is 2. The van der Waals surface area contributed by atoms with Gasteiger partial charge < -0.3 is 20.3 Å². The molecule has 8 heteroatoms. The summed E-state index contributed by atoms with van der Waals surface area (Å²) in [4.78, 5) is 18.9. The summed E-state index contributed by atoms with van der Waals surface area (Å²) < 4.78 is 18.2. The Kier molecular flexibility index (Phi) is 9.35. The Bertz CT molecular complexity index is 843. The standard InChI is InChI=1S/C22H27FN4O2.HI/c1-3-24-22(25-14-21(28)26-19-8-6-18(23)7-9-19)27-13-12-17(15-27)16-4-10-20(29-2)11-5-16;/h4-11,17H,3,12-15H2,1-2H3,(H,24,25)(H,26,28);1H. The highest BCUT2D eigenvalue weighted by Crippen LogP contribution is 2.28. The molecule has 1 amide bonds. The lowest BCUT2D eigenvalue weighted by molar-refractivity contribution is -0.114. The zero-order valence-corrected chi connectivity index (χ0v) is 19.6. The van der Waals surface area contributed by atoms with Crippen molar-refractivity contribution in [2.75, 3.05) is 38.6 Å². The summed E-state index contributed by atoms with van der Waals surface area (Å²) in [7, 11) is 1.66. The van der Waals surface area contributed by atoms with Crippen LogP contribution in [0.5, 0.6) is 5.75 Å². The Hall–Kier alpha value is -2.36. The average Bonchev–Trinajstić information content (AvgIpc) is 3.23. The molecule has 6 nitrogen and oxygen atoms in total. The van der Waals surface area contributed by atoms with Crippen LogP contribution in [-0.2, 0) is 4.79 Å². The van der Waals surface area contributed by atoms with Gasteiger partial charge in [-0.3, -0.25) is 4.79 Å². The van der Waals surface area contributed by atoms with E-state index in [2.05, 4.69) is 32.7 Å². The summed E-state index contributed by atoms with van der Waals surface area (Å²) in [6.45, 7) is 4.45. The average molecular weight is 526 g/mol. The predicted octanol–water partition coefficient (Wildman–Crippen LogP) is 3.85. The van der Waals surface area contributed by atoms with Crippen molar-refractivity contribution in [3.63, 3.8) is 0 Å². The van der Waals surface area contributed by atoms with Crippen LogP contribution in [0.1, 0.15) is 24.8 Å². The molecule has 3 rings (SSSR count). The van der Waals surface area contributed by atoms with Crippen LogP contribution in [0.3, 0.4) is 0 Å². The number of nitrogens with zero attached hydrogens (tertiary/aromatic N) is 2. The Labute approximate surface area is 193 Å². The highest BCUT2D eigenvalue weighted by Gasteiger charge is 2.26. The zero-order chi connectivity index (χ0) is 20.6. The highest BCUT2D eigenvalue weighted by atomic mass is 127. The smallest absolute Gasteiger partial charge is 0.246 e. The molecule has 0 spiro atoms.